The van der Waals surface area contributed by atoms with Gasteiger partial charge in [-0.2, -0.15) is 5.26 Å². The molecule has 1 aromatic heterocycles. The van der Waals surface area contributed by atoms with Gasteiger partial charge in [0.2, 0.25) is 0 Å². The van der Waals surface area contributed by atoms with Gasteiger partial charge in [0, 0.05) is 4.88 Å². The number of nitrogens with zero attached hydrogens (tertiary/aromatic N) is 1. The van der Waals surface area contributed by atoms with E-state index < -0.39 is 0 Å². The number of nitriles is 1. The average molecular weight is 287 g/mol. The molecule has 2 aromatic carbocycles. The first-order valence-corrected chi connectivity index (χ1v) is 7.94. The van der Waals surface area contributed by atoms with Crippen LogP contribution < -0.4 is 0 Å². The van der Waals surface area contributed by atoms with Gasteiger partial charge in [-0.1, -0.05) is 36.4 Å². The van der Waals surface area contributed by atoms with Crippen molar-refractivity contribution < 1.29 is 0 Å². The molecule has 0 saturated heterocycles. The van der Waals surface area contributed by atoms with E-state index in [4.69, 9.17) is 0 Å². The van der Waals surface area contributed by atoms with E-state index in [2.05, 4.69) is 36.4 Å². The number of hydrogen-bond acceptors (Lipinski definition) is 2. The molecule has 1 nitrogen and oxygen atoms in total. The van der Waals surface area contributed by atoms with E-state index in [1.54, 1.807) is 11.3 Å². The predicted octanol–water partition coefficient (Wildman–Crippen LogP) is 5.06. The van der Waals surface area contributed by atoms with Gasteiger partial charge >= 0.3 is 0 Å². The van der Waals surface area contributed by atoms with Crippen LogP contribution >= 0.6 is 11.3 Å². The Bertz CT molecular complexity index is 885. The van der Waals surface area contributed by atoms with Crippen molar-refractivity contribution in [1.82, 2.24) is 0 Å². The van der Waals surface area contributed by atoms with E-state index in [9.17, 15) is 5.26 Å². The zero-order valence-electron chi connectivity index (χ0n) is 11.5. The van der Waals surface area contributed by atoms with Crippen molar-refractivity contribution in [3.63, 3.8) is 0 Å². The van der Waals surface area contributed by atoms with Crippen molar-refractivity contribution in [1.29, 1.82) is 5.26 Å². The van der Waals surface area contributed by atoms with Crippen molar-refractivity contribution in [2.45, 2.75) is 12.8 Å². The second kappa shape index (κ2) is 4.87. The number of allylic oxidation sites excluding steroid dienone is 1. The Labute approximate surface area is 127 Å². The molecule has 2 heteroatoms. The highest BCUT2D eigenvalue weighted by molar-refractivity contribution is 7.11. The molecule has 0 N–H and O–H groups in total. The first-order chi connectivity index (χ1) is 10.4. The predicted molar refractivity (Wildman–Crippen MR) is 89.2 cm³/mol. The molecule has 0 aliphatic heterocycles. The topological polar surface area (TPSA) is 23.8 Å². The van der Waals surface area contributed by atoms with E-state index in [0.29, 0.717) is 0 Å². The van der Waals surface area contributed by atoms with Crippen LogP contribution in [0.5, 0.6) is 0 Å². The summed E-state index contributed by atoms with van der Waals surface area (Å²) in [6.07, 6.45) is 4.29. The molecule has 3 aromatic rings. The number of aryl methyl sites for hydroxylation is 2. The van der Waals surface area contributed by atoms with Crippen molar-refractivity contribution in [3.8, 4) is 6.07 Å². The highest BCUT2D eigenvalue weighted by Gasteiger charge is 2.15. The lowest BCUT2D eigenvalue weighted by atomic mass is 9.98. The molecular weight excluding hydrogens is 274 g/mol. The Morgan fingerprint density at radius 3 is 2.67 bits per heavy atom. The quantitative estimate of drug-likeness (QED) is 0.604. The SMILES string of the molecule is N#C/C(=C\c1ccc2c3c(cccc13)CC2)c1cccs1. The molecule has 0 saturated carbocycles. The van der Waals surface area contributed by atoms with Gasteiger partial charge in [0.05, 0.1) is 5.57 Å². The smallest absolute Gasteiger partial charge is 0.101 e. The van der Waals surface area contributed by atoms with Gasteiger partial charge in [-0.25, -0.2) is 0 Å². The molecular formula is C19H13NS. The lowest BCUT2D eigenvalue weighted by molar-refractivity contribution is 1.02. The van der Waals surface area contributed by atoms with Crippen LogP contribution in [0.2, 0.25) is 0 Å². The number of rotatable bonds is 2. The molecule has 1 aliphatic carbocycles. The summed E-state index contributed by atoms with van der Waals surface area (Å²) in [5, 5.41) is 14.1. The van der Waals surface area contributed by atoms with E-state index in [-0.39, 0.29) is 0 Å². The molecule has 100 valence electrons. The minimum Gasteiger partial charge on any atom is -0.192 e. The van der Waals surface area contributed by atoms with Crippen LogP contribution in [0.25, 0.3) is 22.4 Å². The third kappa shape index (κ3) is 1.98. The Balaban J connectivity index is 1.95. The normalized spacial score (nSPS) is 13.6. The molecule has 0 radical (unpaired) electrons. The molecule has 1 aliphatic rings. The molecule has 0 bridgehead atoms. The largest absolute Gasteiger partial charge is 0.192 e. The molecule has 0 spiro atoms. The van der Waals surface area contributed by atoms with Gasteiger partial charge in [-0.05, 0) is 57.8 Å². The lowest BCUT2D eigenvalue weighted by Gasteiger charge is -2.06. The Morgan fingerprint density at radius 1 is 1.05 bits per heavy atom. The average Bonchev–Trinajstić information content (AvgIpc) is 3.18. The van der Waals surface area contributed by atoms with Crippen molar-refractivity contribution in [2.75, 3.05) is 0 Å². The van der Waals surface area contributed by atoms with Crippen LogP contribution in [0.4, 0.5) is 0 Å². The van der Waals surface area contributed by atoms with E-state index in [1.165, 1.54) is 21.9 Å². The first kappa shape index (κ1) is 12.4. The van der Waals surface area contributed by atoms with Crippen LogP contribution in [0.1, 0.15) is 21.6 Å². The lowest BCUT2D eigenvalue weighted by Crippen LogP contribution is -1.84. The van der Waals surface area contributed by atoms with Crippen LogP contribution in [0, 0.1) is 11.3 Å². The van der Waals surface area contributed by atoms with Crippen molar-refractivity contribution in [3.05, 3.63) is 69.4 Å². The summed E-state index contributed by atoms with van der Waals surface area (Å²) in [6.45, 7) is 0. The van der Waals surface area contributed by atoms with Crippen molar-refractivity contribution in [2.24, 2.45) is 0 Å². The molecule has 0 unspecified atom stereocenters. The number of hydrogen-bond donors (Lipinski definition) is 0. The summed E-state index contributed by atoms with van der Waals surface area (Å²) in [4.78, 5) is 1.03. The monoisotopic (exact) mass is 287 g/mol. The highest BCUT2D eigenvalue weighted by atomic mass is 32.1. The summed E-state index contributed by atoms with van der Waals surface area (Å²) >= 11 is 1.61. The van der Waals surface area contributed by atoms with E-state index >= 15 is 0 Å². The van der Waals surface area contributed by atoms with Gasteiger partial charge in [0.25, 0.3) is 0 Å². The molecule has 21 heavy (non-hydrogen) atoms. The van der Waals surface area contributed by atoms with Crippen LogP contribution in [0.3, 0.4) is 0 Å². The summed E-state index contributed by atoms with van der Waals surface area (Å²) in [5.74, 6) is 0. The van der Waals surface area contributed by atoms with E-state index in [1.807, 2.05) is 23.6 Å². The Hall–Kier alpha value is -2.37. The molecule has 0 fully saturated rings. The van der Waals surface area contributed by atoms with Crippen LogP contribution in [-0.4, -0.2) is 0 Å². The van der Waals surface area contributed by atoms with Crippen LogP contribution in [-0.2, 0) is 12.8 Å². The summed E-state index contributed by atoms with van der Waals surface area (Å²) in [7, 11) is 0. The van der Waals surface area contributed by atoms with Crippen LogP contribution in [0.15, 0.2) is 47.8 Å². The molecule has 4 rings (SSSR count). The third-order valence-electron chi connectivity index (χ3n) is 4.12. The van der Waals surface area contributed by atoms with Gasteiger partial charge in [0.15, 0.2) is 0 Å². The fourth-order valence-electron chi connectivity index (χ4n) is 3.14. The summed E-state index contributed by atoms with van der Waals surface area (Å²) < 4.78 is 0. The maximum atomic E-state index is 9.44. The zero-order chi connectivity index (χ0) is 14.2. The highest BCUT2D eigenvalue weighted by Crippen LogP contribution is 2.34. The first-order valence-electron chi connectivity index (χ1n) is 7.06. The third-order valence-corrected chi connectivity index (χ3v) is 5.02. The van der Waals surface area contributed by atoms with Gasteiger partial charge in [-0.15, -0.1) is 11.3 Å². The summed E-state index contributed by atoms with van der Waals surface area (Å²) in [6, 6.07) is 17.2. The summed E-state index contributed by atoms with van der Waals surface area (Å²) in [5.41, 5.74) is 4.76. The number of thiophene rings is 1. The molecule has 0 atom stereocenters. The maximum Gasteiger partial charge on any atom is 0.101 e. The standard InChI is InChI=1S/C19H13NS/c20-12-16(18-5-2-10-21-18)11-15-9-8-14-7-6-13-3-1-4-17(15)19(13)14/h1-5,8-11H,6-7H2/b16-11+. The van der Waals surface area contributed by atoms with Gasteiger partial charge in [-0.3, -0.25) is 0 Å². The van der Waals surface area contributed by atoms with Gasteiger partial charge in [0.1, 0.15) is 6.07 Å². The number of benzene rings is 2. The Kier molecular flexibility index (Phi) is 2.87. The maximum absolute atomic E-state index is 9.44. The molecule has 1 heterocycles. The molecule has 0 amide bonds. The zero-order valence-corrected chi connectivity index (χ0v) is 12.3. The fourth-order valence-corrected chi connectivity index (χ4v) is 3.83. The minimum atomic E-state index is 0.740. The Morgan fingerprint density at radius 2 is 1.90 bits per heavy atom. The van der Waals surface area contributed by atoms with Crippen molar-refractivity contribution >= 4 is 33.8 Å². The minimum absolute atomic E-state index is 0.740. The van der Waals surface area contributed by atoms with E-state index in [0.717, 1.165) is 28.9 Å². The second-order valence-corrected chi connectivity index (χ2v) is 6.25. The fraction of sp³-hybridized carbons (Fsp3) is 0.105. The second-order valence-electron chi connectivity index (χ2n) is 5.30. The van der Waals surface area contributed by atoms with Gasteiger partial charge < -0.3 is 0 Å².